The van der Waals surface area contributed by atoms with Crippen molar-refractivity contribution in [3.05, 3.63) is 48.5 Å². The first-order chi connectivity index (χ1) is 9.08. The number of para-hydroxylation sites is 1. The minimum Gasteiger partial charge on any atom is -0.454 e. The molecule has 0 heterocycles. The predicted molar refractivity (Wildman–Crippen MR) is 67.8 cm³/mol. The van der Waals surface area contributed by atoms with Gasteiger partial charge in [-0.2, -0.15) is 4.39 Å². The van der Waals surface area contributed by atoms with Crippen LogP contribution in [-0.2, 0) is 0 Å². The third-order valence-corrected chi connectivity index (χ3v) is 2.52. The third-order valence-electron chi connectivity index (χ3n) is 2.52. The number of halogens is 3. The Bertz CT molecular complexity index is 560. The van der Waals surface area contributed by atoms with Gasteiger partial charge < -0.3 is 10.5 Å². The second-order valence-corrected chi connectivity index (χ2v) is 3.93. The summed E-state index contributed by atoms with van der Waals surface area (Å²) < 4.78 is 42.0. The first kappa shape index (κ1) is 13.3. The highest BCUT2D eigenvalue weighted by Crippen LogP contribution is 2.32. The fourth-order valence-corrected chi connectivity index (χ4v) is 1.69. The summed E-state index contributed by atoms with van der Waals surface area (Å²) in [6.07, 6.45) is -5.84. The van der Waals surface area contributed by atoms with Gasteiger partial charge >= 0.3 is 6.43 Å². The van der Waals surface area contributed by atoms with Gasteiger partial charge in [0.05, 0.1) is 0 Å². The van der Waals surface area contributed by atoms with E-state index in [9.17, 15) is 13.2 Å². The van der Waals surface area contributed by atoms with Gasteiger partial charge in [-0.15, -0.1) is 0 Å². The molecule has 2 rings (SSSR count). The van der Waals surface area contributed by atoms with Crippen LogP contribution in [0.1, 0.15) is 0 Å². The Morgan fingerprint density at radius 1 is 0.947 bits per heavy atom. The standard InChI is InChI=1S/C14H12F3NO/c15-13(16)14(17)19-12-7-2-1-6-11(12)9-4-3-5-10(18)8-9/h1-8,13-14H,18H2. The molecule has 5 heteroatoms. The molecule has 1 atom stereocenters. The van der Waals surface area contributed by atoms with Gasteiger partial charge in [0.2, 0.25) is 0 Å². The molecule has 2 aromatic rings. The van der Waals surface area contributed by atoms with Gasteiger partial charge in [0, 0.05) is 11.3 Å². The van der Waals surface area contributed by atoms with E-state index in [0.29, 0.717) is 16.8 Å². The van der Waals surface area contributed by atoms with Crippen molar-refractivity contribution in [1.29, 1.82) is 0 Å². The van der Waals surface area contributed by atoms with Crippen LogP contribution in [0.5, 0.6) is 5.75 Å². The fourth-order valence-electron chi connectivity index (χ4n) is 1.69. The van der Waals surface area contributed by atoms with Crippen LogP contribution in [0.25, 0.3) is 11.1 Å². The van der Waals surface area contributed by atoms with Crippen molar-refractivity contribution in [3.8, 4) is 16.9 Å². The van der Waals surface area contributed by atoms with Gasteiger partial charge in [-0.25, -0.2) is 8.78 Å². The number of hydrogen-bond donors (Lipinski definition) is 1. The van der Waals surface area contributed by atoms with E-state index in [1.807, 2.05) is 0 Å². The average Bonchev–Trinajstić information content (AvgIpc) is 2.39. The van der Waals surface area contributed by atoms with E-state index in [2.05, 4.69) is 4.74 Å². The zero-order valence-corrected chi connectivity index (χ0v) is 9.89. The minimum atomic E-state index is -3.19. The number of anilines is 1. The molecular formula is C14H12F3NO. The molecule has 0 aromatic heterocycles. The van der Waals surface area contributed by atoms with Crippen LogP contribution in [0.3, 0.4) is 0 Å². The Morgan fingerprint density at radius 2 is 1.68 bits per heavy atom. The van der Waals surface area contributed by atoms with Crippen LogP contribution in [0.4, 0.5) is 18.9 Å². The fraction of sp³-hybridized carbons (Fsp3) is 0.143. The smallest absolute Gasteiger partial charge is 0.304 e. The molecular weight excluding hydrogens is 255 g/mol. The van der Waals surface area contributed by atoms with Crippen molar-refractivity contribution < 1.29 is 17.9 Å². The lowest BCUT2D eigenvalue weighted by atomic mass is 10.0. The monoisotopic (exact) mass is 267 g/mol. The minimum absolute atomic E-state index is 0.0564. The molecule has 19 heavy (non-hydrogen) atoms. The lowest BCUT2D eigenvalue weighted by Crippen LogP contribution is -2.19. The zero-order chi connectivity index (χ0) is 13.8. The molecule has 0 bridgehead atoms. The lowest BCUT2D eigenvalue weighted by molar-refractivity contribution is -0.0666. The van der Waals surface area contributed by atoms with Gasteiger partial charge in [-0.05, 0) is 23.8 Å². The molecule has 0 saturated heterocycles. The number of ether oxygens (including phenoxy) is 1. The molecule has 2 N–H and O–H groups in total. The summed E-state index contributed by atoms with van der Waals surface area (Å²) >= 11 is 0. The second kappa shape index (κ2) is 5.65. The summed E-state index contributed by atoms with van der Waals surface area (Å²) in [4.78, 5) is 0. The first-order valence-electron chi connectivity index (χ1n) is 5.62. The Balaban J connectivity index is 2.36. The van der Waals surface area contributed by atoms with E-state index in [4.69, 9.17) is 5.73 Å². The highest BCUT2D eigenvalue weighted by atomic mass is 19.3. The molecule has 1 unspecified atom stereocenters. The molecule has 0 aliphatic rings. The van der Waals surface area contributed by atoms with Gasteiger partial charge in [0.25, 0.3) is 6.36 Å². The molecule has 0 radical (unpaired) electrons. The van der Waals surface area contributed by atoms with Crippen molar-refractivity contribution in [3.63, 3.8) is 0 Å². The number of benzene rings is 2. The average molecular weight is 267 g/mol. The molecule has 100 valence electrons. The second-order valence-electron chi connectivity index (χ2n) is 3.93. The van der Waals surface area contributed by atoms with Gasteiger partial charge in [0.15, 0.2) is 0 Å². The highest BCUT2D eigenvalue weighted by Gasteiger charge is 2.22. The number of hydrogen-bond acceptors (Lipinski definition) is 2. The first-order valence-corrected chi connectivity index (χ1v) is 5.62. The number of nitrogens with two attached hydrogens (primary N) is 1. The molecule has 0 aliphatic heterocycles. The summed E-state index contributed by atoms with van der Waals surface area (Å²) in [5, 5.41) is 0. The largest absolute Gasteiger partial charge is 0.454 e. The maximum atomic E-state index is 13.0. The molecule has 0 fully saturated rings. The van der Waals surface area contributed by atoms with Crippen LogP contribution in [0.15, 0.2) is 48.5 Å². The lowest BCUT2D eigenvalue weighted by Gasteiger charge is -2.14. The Kier molecular flexibility index (Phi) is 3.94. The zero-order valence-electron chi connectivity index (χ0n) is 9.89. The van der Waals surface area contributed by atoms with Crippen molar-refractivity contribution in [2.75, 3.05) is 5.73 Å². The van der Waals surface area contributed by atoms with E-state index < -0.39 is 12.8 Å². The number of rotatable bonds is 4. The highest BCUT2D eigenvalue weighted by molar-refractivity contribution is 5.72. The number of alkyl halides is 3. The predicted octanol–water partition coefficient (Wildman–Crippen LogP) is 3.88. The van der Waals surface area contributed by atoms with Crippen molar-refractivity contribution in [2.45, 2.75) is 12.8 Å². The van der Waals surface area contributed by atoms with Gasteiger partial charge in [-0.1, -0.05) is 30.3 Å². The van der Waals surface area contributed by atoms with E-state index >= 15 is 0 Å². The molecule has 0 amide bonds. The van der Waals surface area contributed by atoms with Crippen molar-refractivity contribution in [2.24, 2.45) is 0 Å². The Labute approximate surface area is 108 Å². The summed E-state index contributed by atoms with van der Waals surface area (Å²) in [7, 11) is 0. The van der Waals surface area contributed by atoms with E-state index in [1.54, 1.807) is 42.5 Å². The van der Waals surface area contributed by atoms with Crippen molar-refractivity contribution >= 4 is 5.69 Å². The van der Waals surface area contributed by atoms with Crippen LogP contribution in [-0.4, -0.2) is 12.8 Å². The van der Waals surface area contributed by atoms with Gasteiger partial charge in [-0.3, -0.25) is 0 Å². The van der Waals surface area contributed by atoms with E-state index in [1.165, 1.54) is 6.07 Å². The number of nitrogen functional groups attached to an aromatic ring is 1. The summed E-state index contributed by atoms with van der Waals surface area (Å²) in [5.41, 5.74) is 7.38. The SMILES string of the molecule is Nc1cccc(-c2ccccc2OC(F)C(F)F)c1. The van der Waals surface area contributed by atoms with E-state index in [-0.39, 0.29) is 5.75 Å². The van der Waals surface area contributed by atoms with Crippen LogP contribution in [0, 0.1) is 0 Å². The quantitative estimate of drug-likeness (QED) is 0.853. The van der Waals surface area contributed by atoms with Crippen LogP contribution < -0.4 is 10.5 Å². The molecule has 0 saturated carbocycles. The van der Waals surface area contributed by atoms with Crippen LogP contribution >= 0.6 is 0 Å². The Morgan fingerprint density at radius 3 is 2.37 bits per heavy atom. The topological polar surface area (TPSA) is 35.2 Å². The van der Waals surface area contributed by atoms with Crippen LogP contribution in [0.2, 0.25) is 0 Å². The van der Waals surface area contributed by atoms with Gasteiger partial charge in [0.1, 0.15) is 5.75 Å². The molecule has 2 aromatic carbocycles. The summed E-state index contributed by atoms with van der Waals surface area (Å²) in [6, 6.07) is 13.2. The Hall–Kier alpha value is -2.17. The molecule has 2 nitrogen and oxygen atoms in total. The molecule has 0 aliphatic carbocycles. The van der Waals surface area contributed by atoms with E-state index in [0.717, 1.165) is 0 Å². The molecule has 0 spiro atoms. The third kappa shape index (κ3) is 3.19. The maximum Gasteiger partial charge on any atom is 0.304 e. The summed E-state index contributed by atoms with van der Waals surface area (Å²) in [5.74, 6) is 0.0564. The van der Waals surface area contributed by atoms with Crippen molar-refractivity contribution in [1.82, 2.24) is 0 Å². The normalized spacial score (nSPS) is 12.4. The maximum absolute atomic E-state index is 13.0. The summed E-state index contributed by atoms with van der Waals surface area (Å²) in [6.45, 7) is 0.